The molecule has 0 amide bonds. The Balaban J connectivity index is 2.04. The predicted octanol–water partition coefficient (Wildman–Crippen LogP) is 5.65. The zero-order chi connectivity index (χ0) is 15.2. The van der Waals surface area contributed by atoms with Gasteiger partial charge in [-0.15, -0.1) is 0 Å². The molecular weight excluding hydrogens is 261 g/mol. The Morgan fingerprint density at radius 1 is 1.10 bits per heavy atom. The standard InChI is InChI=1S/C19H24FN/c1-4-5-6-16-8-10-17(11-9-16)15(3)21-19-12-7-14(2)13-18(19)20/h7-13,15,21H,4-6H2,1-3H3. The first kappa shape index (κ1) is 15.6. The molecule has 0 saturated heterocycles. The van der Waals surface area contributed by atoms with Gasteiger partial charge >= 0.3 is 0 Å². The molecule has 1 atom stereocenters. The fraction of sp³-hybridized carbons (Fsp3) is 0.368. The van der Waals surface area contributed by atoms with Gasteiger partial charge in [-0.1, -0.05) is 43.7 Å². The maximum absolute atomic E-state index is 13.9. The van der Waals surface area contributed by atoms with Crippen LogP contribution >= 0.6 is 0 Å². The summed E-state index contributed by atoms with van der Waals surface area (Å²) >= 11 is 0. The van der Waals surface area contributed by atoms with E-state index in [9.17, 15) is 4.39 Å². The van der Waals surface area contributed by atoms with Crippen LogP contribution < -0.4 is 5.32 Å². The van der Waals surface area contributed by atoms with E-state index in [1.54, 1.807) is 12.1 Å². The van der Waals surface area contributed by atoms with E-state index in [2.05, 4.69) is 43.4 Å². The summed E-state index contributed by atoms with van der Waals surface area (Å²) in [5.74, 6) is -0.193. The largest absolute Gasteiger partial charge is 0.376 e. The van der Waals surface area contributed by atoms with Gasteiger partial charge in [-0.05, 0) is 55.5 Å². The third kappa shape index (κ3) is 4.32. The second-order valence-electron chi connectivity index (χ2n) is 5.69. The molecule has 21 heavy (non-hydrogen) atoms. The molecular formula is C19H24FN. The molecule has 1 nitrogen and oxygen atoms in total. The van der Waals surface area contributed by atoms with Crippen LogP contribution in [0.15, 0.2) is 42.5 Å². The number of anilines is 1. The van der Waals surface area contributed by atoms with E-state index in [0.29, 0.717) is 5.69 Å². The van der Waals surface area contributed by atoms with E-state index >= 15 is 0 Å². The highest BCUT2D eigenvalue weighted by molar-refractivity contribution is 5.48. The average molecular weight is 285 g/mol. The Morgan fingerprint density at radius 3 is 2.43 bits per heavy atom. The van der Waals surface area contributed by atoms with Crippen LogP contribution in [0.5, 0.6) is 0 Å². The Labute approximate surface area is 127 Å². The normalized spacial score (nSPS) is 12.2. The summed E-state index contributed by atoms with van der Waals surface area (Å²) in [6.45, 7) is 6.15. The highest BCUT2D eigenvalue weighted by Crippen LogP contribution is 2.23. The van der Waals surface area contributed by atoms with Crippen molar-refractivity contribution in [1.29, 1.82) is 0 Å². The van der Waals surface area contributed by atoms with Gasteiger partial charge < -0.3 is 5.32 Å². The zero-order valence-corrected chi connectivity index (χ0v) is 13.1. The summed E-state index contributed by atoms with van der Waals surface area (Å²) in [6, 6.07) is 14.0. The summed E-state index contributed by atoms with van der Waals surface area (Å²) in [7, 11) is 0. The van der Waals surface area contributed by atoms with Crippen molar-refractivity contribution in [3.8, 4) is 0 Å². The molecule has 1 N–H and O–H groups in total. The van der Waals surface area contributed by atoms with E-state index in [-0.39, 0.29) is 11.9 Å². The lowest BCUT2D eigenvalue weighted by Crippen LogP contribution is -2.08. The fourth-order valence-corrected chi connectivity index (χ4v) is 2.41. The maximum Gasteiger partial charge on any atom is 0.146 e. The molecule has 0 aliphatic carbocycles. The van der Waals surface area contributed by atoms with Gasteiger partial charge in [0.1, 0.15) is 5.82 Å². The molecule has 0 aromatic heterocycles. The molecule has 112 valence electrons. The summed E-state index contributed by atoms with van der Waals surface area (Å²) in [5, 5.41) is 3.24. The number of nitrogens with one attached hydrogen (secondary N) is 1. The molecule has 2 rings (SSSR count). The van der Waals surface area contributed by atoms with E-state index in [1.807, 2.05) is 13.0 Å². The average Bonchev–Trinajstić information content (AvgIpc) is 2.48. The van der Waals surface area contributed by atoms with Crippen molar-refractivity contribution in [3.05, 3.63) is 65.0 Å². The lowest BCUT2D eigenvalue weighted by Gasteiger charge is -2.17. The molecule has 2 heteroatoms. The smallest absolute Gasteiger partial charge is 0.146 e. The van der Waals surface area contributed by atoms with Gasteiger partial charge in [0.05, 0.1) is 5.69 Å². The van der Waals surface area contributed by atoms with Gasteiger partial charge in [-0.3, -0.25) is 0 Å². The highest BCUT2D eigenvalue weighted by atomic mass is 19.1. The van der Waals surface area contributed by atoms with Crippen LogP contribution in [0.4, 0.5) is 10.1 Å². The Hall–Kier alpha value is -1.83. The van der Waals surface area contributed by atoms with Crippen molar-refractivity contribution in [2.45, 2.75) is 46.1 Å². The quantitative estimate of drug-likeness (QED) is 0.723. The monoisotopic (exact) mass is 285 g/mol. The minimum Gasteiger partial charge on any atom is -0.376 e. The molecule has 0 bridgehead atoms. The third-order valence-electron chi connectivity index (χ3n) is 3.80. The fourth-order valence-electron chi connectivity index (χ4n) is 2.41. The molecule has 1 unspecified atom stereocenters. The first-order valence-corrected chi connectivity index (χ1v) is 7.71. The summed E-state index contributed by atoms with van der Waals surface area (Å²) in [5.41, 5.74) is 4.04. The number of unbranched alkanes of at least 4 members (excludes halogenated alkanes) is 1. The number of benzene rings is 2. The Bertz CT molecular complexity index is 575. The van der Waals surface area contributed by atoms with Gasteiger partial charge in [0, 0.05) is 6.04 Å². The molecule has 2 aromatic carbocycles. The number of halogens is 1. The van der Waals surface area contributed by atoms with E-state index < -0.39 is 0 Å². The van der Waals surface area contributed by atoms with Gasteiger partial charge in [-0.25, -0.2) is 4.39 Å². The van der Waals surface area contributed by atoms with Crippen LogP contribution in [-0.2, 0) is 6.42 Å². The molecule has 0 aliphatic heterocycles. The molecule has 0 saturated carbocycles. The van der Waals surface area contributed by atoms with E-state index in [4.69, 9.17) is 0 Å². The number of aryl methyl sites for hydroxylation is 2. The van der Waals surface area contributed by atoms with Crippen LogP contribution in [-0.4, -0.2) is 0 Å². The van der Waals surface area contributed by atoms with Gasteiger partial charge in [0.25, 0.3) is 0 Å². The Morgan fingerprint density at radius 2 is 1.81 bits per heavy atom. The molecule has 0 aliphatic rings. The number of hydrogen-bond donors (Lipinski definition) is 1. The van der Waals surface area contributed by atoms with Gasteiger partial charge in [0.15, 0.2) is 0 Å². The maximum atomic E-state index is 13.9. The number of rotatable bonds is 6. The zero-order valence-electron chi connectivity index (χ0n) is 13.1. The van der Waals surface area contributed by atoms with Crippen molar-refractivity contribution in [2.75, 3.05) is 5.32 Å². The topological polar surface area (TPSA) is 12.0 Å². The van der Waals surface area contributed by atoms with Crippen LogP contribution in [0, 0.1) is 12.7 Å². The summed E-state index contributed by atoms with van der Waals surface area (Å²) in [4.78, 5) is 0. The van der Waals surface area contributed by atoms with Gasteiger partial charge in [0.2, 0.25) is 0 Å². The highest BCUT2D eigenvalue weighted by Gasteiger charge is 2.08. The lowest BCUT2D eigenvalue weighted by atomic mass is 10.0. The van der Waals surface area contributed by atoms with Crippen LogP contribution in [0.2, 0.25) is 0 Å². The molecule has 0 radical (unpaired) electrons. The molecule has 0 heterocycles. The van der Waals surface area contributed by atoms with Crippen LogP contribution in [0.3, 0.4) is 0 Å². The van der Waals surface area contributed by atoms with Crippen LogP contribution in [0.1, 0.15) is 49.4 Å². The SMILES string of the molecule is CCCCc1ccc(C(C)Nc2ccc(C)cc2F)cc1. The lowest BCUT2D eigenvalue weighted by molar-refractivity contribution is 0.626. The van der Waals surface area contributed by atoms with Crippen molar-refractivity contribution in [3.63, 3.8) is 0 Å². The van der Waals surface area contributed by atoms with Crippen molar-refractivity contribution >= 4 is 5.69 Å². The molecule has 0 spiro atoms. The second kappa shape index (κ2) is 7.26. The summed E-state index contributed by atoms with van der Waals surface area (Å²) < 4.78 is 13.9. The minimum absolute atomic E-state index is 0.0856. The minimum atomic E-state index is -0.193. The van der Waals surface area contributed by atoms with Gasteiger partial charge in [-0.2, -0.15) is 0 Å². The number of hydrogen-bond acceptors (Lipinski definition) is 1. The van der Waals surface area contributed by atoms with Crippen LogP contribution in [0.25, 0.3) is 0 Å². The first-order valence-electron chi connectivity index (χ1n) is 7.71. The van der Waals surface area contributed by atoms with Crippen molar-refractivity contribution < 1.29 is 4.39 Å². The van der Waals surface area contributed by atoms with E-state index in [0.717, 1.165) is 12.0 Å². The predicted molar refractivity (Wildman–Crippen MR) is 88.2 cm³/mol. The second-order valence-corrected chi connectivity index (χ2v) is 5.69. The summed E-state index contributed by atoms with van der Waals surface area (Å²) in [6.07, 6.45) is 3.57. The van der Waals surface area contributed by atoms with Crippen molar-refractivity contribution in [1.82, 2.24) is 0 Å². The first-order chi connectivity index (χ1) is 10.1. The molecule has 2 aromatic rings. The van der Waals surface area contributed by atoms with E-state index in [1.165, 1.54) is 24.0 Å². The Kier molecular flexibility index (Phi) is 5.38. The molecule has 0 fully saturated rings. The third-order valence-corrected chi connectivity index (χ3v) is 3.80. The van der Waals surface area contributed by atoms with Crippen molar-refractivity contribution in [2.24, 2.45) is 0 Å².